The molecule has 0 saturated carbocycles. The zero-order chi connectivity index (χ0) is 25.1. The number of nitrogens with zero attached hydrogens (tertiary/aromatic N) is 1. The Morgan fingerprint density at radius 1 is 0.917 bits per heavy atom. The molecular weight excluding hydrogens is 517 g/mol. The SMILES string of the molecule is O=C(C=Cc1ccc(-c2ccc(Cl)cc2)o1)NC(=S)Nc1cc(-c2nc3ccccc3o2)ccc1Cl. The smallest absolute Gasteiger partial charge is 0.250 e. The van der Waals surface area contributed by atoms with E-state index in [0.29, 0.717) is 44.3 Å². The molecule has 178 valence electrons. The predicted molar refractivity (Wildman–Crippen MR) is 147 cm³/mol. The van der Waals surface area contributed by atoms with Gasteiger partial charge in [-0.1, -0.05) is 35.3 Å². The van der Waals surface area contributed by atoms with Gasteiger partial charge in [-0.3, -0.25) is 10.1 Å². The molecule has 0 bridgehead atoms. The summed E-state index contributed by atoms with van der Waals surface area (Å²) in [5.74, 6) is 1.20. The van der Waals surface area contributed by atoms with Gasteiger partial charge < -0.3 is 14.2 Å². The first kappa shape index (κ1) is 23.8. The van der Waals surface area contributed by atoms with Gasteiger partial charge >= 0.3 is 0 Å². The second kappa shape index (κ2) is 10.4. The third-order valence-corrected chi connectivity index (χ3v) is 5.93. The number of halogens is 2. The maximum Gasteiger partial charge on any atom is 0.250 e. The van der Waals surface area contributed by atoms with Crippen molar-refractivity contribution in [2.24, 2.45) is 0 Å². The number of amides is 1. The number of fused-ring (bicyclic) bond motifs is 1. The first-order valence-electron chi connectivity index (χ1n) is 10.8. The van der Waals surface area contributed by atoms with Crippen molar-refractivity contribution in [3.05, 3.63) is 101 Å². The molecule has 3 aromatic carbocycles. The average Bonchev–Trinajstić information content (AvgIpc) is 3.52. The number of rotatable bonds is 5. The molecule has 0 atom stereocenters. The van der Waals surface area contributed by atoms with Gasteiger partial charge in [0.15, 0.2) is 10.7 Å². The molecule has 0 radical (unpaired) electrons. The molecular formula is C27H17Cl2N3O3S. The molecule has 0 aliphatic heterocycles. The van der Waals surface area contributed by atoms with Crippen LogP contribution in [0.3, 0.4) is 0 Å². The number of oxazole rings is 1. The number of furan rings is 1. The van der Waals surface area contributed by atoms with E-state index in [4.69, 9.17) is 44.3 Å². The monoisotopic (exact) mass is 533 g/mol. The van der Waals surface area contributed by atoms with Crippen molar-refractivity contribution in [1.82, 2.24) is 10.3 Å². The third kappa shape index (κ3) is 5.49. The Morgan fingerprint density at radius 2 is 1.69 bits per heavy atom. The Morgan fingerprint density at radius 3 is 2.50 bits per heavy atom. The second-order valence-electron chi connectivity index (χ2n) is 7.67. The molecule has 0 aliphatic carbocycles. The summed E-state index contributed by atoms with van der Waals surface area (Å²) in [7, 11) is 0. The van der Waals surface area contributed by atoms with Crippen molar-refractivity contribution in [3.8, 4) is 22.8 Å². The topological polar surface area (TPSA) is 80.3 Å². The van der Waals surface area contributed by atoms with Crippen molar-refractivity contribution in [3.63, 3.8) is 0 Å². The number of hydrogen-bond acceptors (Lipinski definition) is 5. The third-order valence-electron chi connectivity index (χ3n) is 5.15. The normalized spacial score (nSPS) is 11.2. The van der Waals surface area contributed by atoms with Gasteiger partial charge in [-0.25, -0.2) is 4.98 Å². The predicted octanol–water partition coefficient (Wildman–Crippen LogP) is 7.59. The molecule has 0 fully saturated rings. The fourth-order valence-electron chi connectivity index (χ4n) is 3.43. The highest BCUT2D eigenvalue weighted by atomic mass is 35.5. The average molecular weight is 534 g/mol. The van der Waals surface area contributed by atoms with E-state index in [1.54, 1.807) is 42.5 Å². The molecule has 1 amide bonds. The molecule has 0 unspecified atom stereocenters. The summed E-state index contributed by atoms with van der Waals surface area (Å²) in [5.41, 5.74) is 3.53. The van der Waals surface area contributed by atoms with Gasteiger partial charge in [0.2, 0.25) is 11.8 Å². The highest BCUT2D eigenvalue weighted by Crippen LogP contribution is 2.30. The minimum absolute atomic E-state index is 0.0857. The van der Waals surface area contributed by atoms with Crippen LogP contribution in [-0.2, 0) is 4.79 Å². The van der Waals surface area contributed by atoms with Gasteiger partial charge in [-0.15, -0.1) is 0 Å². The van der Waals surface area contributed by atoms with E-state index in [-0.39, 0.29) is 5.11 Å². The number of anilines is 1. The summed E-state index contributed by atoms with van der Waals surface area (Å²) in [6.07, 6.45) is 2.88. The van der Waals surface area contributed by atoms with Crippen molar-refractivity contribution in [2.45, 2.75) is 0 Å². The zero-order valence-electron chi connectivity index (χ0n) is 18.5. The number of benzene rings is 3. The highest BCUT2D eigenvalue weighted by Gasteiger charge is 2.12. The van der Waals surface area contributed by atoms with E-state index < -0.39 is 5.91 Å². The van der Waals surface area contributed by atoms with Crippen LogP contribution in [0.25, 0.3) is 40.0 Å². The fraction of sp³-hybridized carbons (Fsp3) is 0. The summed E-state index contributed by atoms with van der Waals surface area (Å²) in [5, 5.41) is 6.69. The van der Waals surface area contributed by atoms with Crippen molar-refractivity contribution in [2.75, 3.05) is 5.32 Å². The number of thiocarbonyl (C=S) groups is 1. The zero-order valence-corrected chi connectivity index (χ0v) is 20.8. The maximum atomic E-state index is 12.4. The first-order valence-corrected chi connectivity index (χ1v) is 11.9. The van der Waals surface area contributed by atoms with E-state index in [1.807, 2.05) is 42.5 Å². The van der Waals surface area contributed by atoms with Crippen LogP contribution in [0.2, 0.25) is 10.0 Å². The van der Waals surface area contributed by atoms with E-state index >= 15 is 0 Å². The molecule has 2 aromatic heterocycles. The Balaban J connectivity index is 1.22. The van der Waals surface area contributed by atoms with Crippen molar-refractivity contribution in [1.29, 1.82) is 0 Å². The van der Waals surface area contributed by atoms with E-state index in [0.717, 1.165) is 11.1 Å². The molecule has 5 aromatic rings. The van der Waals surface area contributed by atoms with Gasteiger partial charge in [0.25, 0.3) is 0 Å². The van der Waals surface area contributed by atoms with Crippen LogP contribution < -0.4 is 10.6 Å². The molecule has 0 saturated heterocycles. The molecule has 0 spiro atoms. The van der Waals surface area contributed by atoms with Gasteiger partial charge in [0, 0.05) is 22.2 Å². The molecule has 5 rings (SSSR count). The van der Waals surface area contributed by atoms with Crippen LogP contribution in [0, 0.1) is 0 Å². The molecule has 2 heterocycles. The molecule has 36 heavy (non-hydrogen) atoms. The lowest BCUT2D eigenvalue weighted by molar-refractivity contribution is -0.115. The lowest BCUT2D eigenvalue weighted by Crippen LogP contribution is -2.32. The van der Waals surface area contributed by atoms with Gasteiger partial charge in [0.1, 0.15) is 17.0 Å². The molecule has 6 nitrogen and oxygen atoms in total. The second-order valence-corrected chi connectivity index (χ2v) is 8.92. The van der Waals surface area contributed by atoms with Crippen LogP contribution >= 0.6 is 35.4 Å². The molecule has 2 N–H and O–H groups in total. The number of carbonyl (C=O) groups excluding carboxylic acids is 1. The number of hydrogen-bond donors (Lipinski definition) is 2. The number of carbonyl (C=O) groups is 1. The number of para-hydroxylation sites is 2. The first-order chi connectivity index (χ1) is 17.4. The lowest BCUT2D eigenvalue weighted by Gasteiger charge is -2.10. The Kier molecular flexibility index (Phi) is 6.86. The summed E-state index contributed by atoms with van der Waals surface area (Å²) in [4.78, 5) is 16.9. The van der Waals surface area contributed by atoms with Gasteiger partial charge in [-0.05, 0) is 85.0 Å². The minimum atomic E-state index is -0.428. The molecule has 0 aliphatic rings. The van der Waals surface area contributed by atoms with Crippen LogP contribution in [0.4, 0.5) is 5.69 Å². The van der Waals surface area contributed by atoms with Crippen molar-refractivity contribution < 1.29 is 13.6 Å². The van der Waals surface area contributed by atoms with Gasteiger partial charge in [0.05, 0.1) is 10.7 Å². The molecule has 9 heteroatoms. The number of nitrogens with one attached hydrogen (secondary N) is 2. The minimum Gasteiger partial charge on any atom is -0.457 e. The Bertz CT molecular complexity index is 1570. The van der Waals surface area contributed by atoms with E-state index in [9.17, 15) is 4.79 Å². The van der Waals surface area contributed by atoms with E-state index in [1.165, 1.54) is 6.08 Å². The van der Waals surface area contributed by atoms with Gasteiger partial charge in [-0.2, -0.15) is 0 Å². The summed E-state index contributed by atoms with van der Waals surface area (Å²) in [6, 6.07) is 23.6. The van der Waals surface area contributed by atoms with Crippen LogP contribution in [-0.4, -0.2) is 16.0 Å². The largest absolute Gasteiger partial charge is 0.457 e. The summed E-state index contributed by atoms with van der Waals surface area (Å²) in [6.45, 7) is 0. The Labute approximate surface area is 221 Å². The fourth-order valence-corrected chi connectivity index (χ4v) is 3.93. The van der Waals surface area contributed by atoms with E-state index in [2.05, 4.69) is 15.6 Å². The summed E-state index contributed by atoms with van der Waals surface area (Å²) < 4.78 is 11.6. The van der Waals surface area contributed by atoms with Crippen LogP contribution in [0.15, 0.2) is 93.8 Å². The standard InChI is InChI=1S/C27H17Cl2N3O3S/c28-18-8-5-16(6-9-18)23-13-10-19(34-23)11-14-25(33)32-27(36)31-22-15-17(7-12-20(22)29)26-30-21-3-1-2-4-24(21)35-26/h1-15H,(H2,31,32,33,36). The van der Waals surface area contributed by atoms with Crippen LogP contribution in [0.1, 0.15) is 5.76 Å². The number of aromatic nitrogens is 1. The maximum absolute atomic E-state index is 12.4. The summed E-state index contributed by atoms with van der Waals surface area (Å²) >= 11 is 17.5. The van der Waals surface area contributed by atoms with Crippen LogP contribution in [0.5, 0.6) is 0 Å². The quantitative estimate of drug-likeness (QED) is 0.179. The highest BCUT2D eigenvalue weighted by molar-refractivity contribution is 7.80. The lowest BCUT2D eigenvalue weighted by atomic mass is 10.2. The van der Waals surface area contributed by atoms with Crippen molar-refractivity contribution >= 4 is 69.3 Å². The Hall–Kier alpha value is -3.91.